The quantitative estimate of drug-likeness (QED) is 0.796. The van der Waals surface area contributed by atoms with Crippen molar-refractivity contribution in [2.45, 2.75) is 40.7 Å². The smallest absolute Gasteiger partial charge is 0.126 e. The first-order valence-electron chi connectivity index (χ1n) is 7.09. The molecule has 0 saturated carbocycles. The molecule has 1 rings (SSSR count). The number of methoxy groups -OCH3 is 1. The molecule has 0 aromatic heterocycles. The predicted molar refractivity (Wildman–Crippen MR) is 81.7 cm³/mol. The van der Waals surface area contributed by atoms with E-state index < -0.39 is 0 Å². The summed E-state index contributed by atoms with van der Waals surface area (Å²) in [6.45, 7) is 11.1. The Balaban J connectivity index is 2.80. The van der Waals surface area contributed by atoms with Crippen LogP contribution in [0.3, 0.4) is 0 Å². The fraction of sp³-hybridized carbons (Fsp3) is 0.625. The van der Waals surface area contributed by atoms with Crippen LogP contribution in [0, 0.1) is 26.7 Å². The highest BCUT2D eigenvalue weighted by atomic mass is 16.5. The number of hydrogen-bond acceptors (Lipinski definition) is 3. The van der Waals surface area contributed by atoms with Crippen LogP contribution < -0.4 is 15.8 Å². The van der Waals surface area contributed by atoms with Crippen LogP contribution in [-0.4, -0.2) is 20.2 Å². The molecule has 3 N–H and O–H groups in total. The number of ether oxygens (including phenoxy) is 1. The number of nitrogens with two attached hydrogens (primary N) is 1. The summed E-state index contributed by atoms with van der Waals surface area (Å²) in [5.74, 6) is 1.57. The molecule has 0 fully saturated rings. The summed E-state index contributed by atoms with van der Waals surface area (Å²) in [6, 6.07) is 2.23. The van der Waals surface area contributed by atoms with E-state index in [1.54, 1.807) is 7.11 Å². The molecule has 19 heavy (non-hydrogen) atoms. The summed E-state index contributed by atoms with van der Waals surface area (Å²) in [5, 5.41) is 3.51. The van der Waals surface area contributed by atoms with Crippen molar-refractivity contribution in [3.63, 3.8) is 0 Å². The van der Waals surface area contributed by atoms with Crippen molar-refractivity contribution in [3.8, 4) is 5.75 Å². The van der Waals surface area contributed by atoms with Crippen LogP contribution in [0.15, 0.2) is 6.07 Å². The summed E-state index contributed by atoms with van der Waals surface area (Å²) in [4.78, 5) is 0. The van der Waals surface area contributed by atoms with E-state index in [9.17, 15) is 0 Å². The summed E-state index contributed by atoms with van der Waals surface area (Å²) in [7, 11) is 1.75. The first-order valence-corrected chi connectivity index (χ1v) is 7.09. The van der Waals surface area contributed by atoms with Gasteiger partial charge in [0.25, 0.3) is 0 Å². The van der Waals surface area contributed by atoms with Crippen molar-refractivity contribution in [2.75, 3.05) is 20.2 Å². The van der Waals surface area contributed by atoms with Gasteiger partial charge in [-0.05, 0) is 56.5 Å². The maximum absolute atomic E-state index is 5.73. The van der Waals surface area contributed by atoms with Gasteiger partial charge in [0.15, 0.2) is 0 Å². The second kappa shape index (κ2) is 7.51. The fourth-order valence-corrected chi connectivity index (χ4v) is 2.40. The standard InChI is InChI=1S/C16H28N2O/c1-6-14(8-17)9-18-10-15-12(3)7-11(2)13(4)16(15)19-5/h7,14,18H,6,8-10,17H2,1-5H3. The lowest BCUT2D eigenvalue weighted by molar-refractivity contribution is 0.400. The van der Waals surface area contributed by atoms with Crippen molar-refractivity contribution in [3.05, 3.63) is 28.3 Å². The van der Waals surface area contributed by atoms with Gasteiger partial charge in [0, 0.05) is 12.1 Å². The van der Waals surface area contributed by atoms with Gasteiger partial charge in [0.05, 0.1) is 7.11 Å². The minimum Gasteiger partial charge on any atom is -0.496 e. The largest absolute Gasteiger partial charge is 0.496 e. The molecule has 0 spiro atoms. The third-order valence-corrected chi connectivity index (χ3v) is 3.96. The van der Waals surface area contributed by atoms with E-state index in [4.69, 9.17) is 10.5 Å². The highest BCUT2D eigenvalue weighted by molar-refractivity contribution is 5.49. The van der Waals surface area contributed by atoms with Gasteiger partial charge in [0.2, 0.25) is 0 Å². The van der Waals surface area contributed by atoms with Crippen molar-refractivity contribution < 1.29 is 4.74 Å². The minimum absolute atomic E-state index is 0.554. The Kier molecular flexibility index (Phi) is 6.32. The SMILES string of the molecule is CCC(CN)CNCc1c(C)cc(C)c(C)c1OC. The monoisotopic (exact) mass is 264 g/mol. The maximum Gasteiger partial charge on any atom is 0.126 e. The second-order valence-corrected chi connectivity index (χ2v) is 5.29. The normalized spacial score (nSPS) is 12.5. The van der Waals surface area contributed by atoms with E-state index in [1.165, 1.54) is 22.3 Å². The average molecular weight is 264 g/mol. The average Bonchev–Trinajstić information content (AvgIpc) is 2.40. The van der Waals surface area contributed by atoms with Gasteiger partial charge in [0.1, 0.15) is 5.75 Å². The van der Waals surface area contributed by atoms with Gasteiger partial charge in [-0.15, -0.1) is 0 Å². The first-order chi connectivity index (χ1) is 9.04. The first kappa shape index (κ1) is 16.0. The third-order valence-electron chi connectivity index (χ3n) is 3.96. The molecule has 1 unspecified atom stereocenters. The second-order valence-electron chi connectivity index (χ2n) is 5.29. The van der Waals surface area contributed by atoms with Gasteiger partial charge in [-0.1, -0.05) is 19.4 Å². The molecular weight excluding hydrogens is 236 g/mol. The summed E-state index contributed by atoms with van der Waals surface area (Å²) < 4.78 is 5.58. The fourth-order valence-electron chi connectivity index (χ4n) is 2.40. The number of nitrogens with one attached hydrogen (secondary N) is 1. The van der Waals surface area contributed by atoms with Crippen LogP contribution in [0.25, 0.3) is 0 Å². The molecule has 0 aliphatic rings. The summed E-state index contributed by atoms with van der Waals surface area (Å²) in [6.07, 6.45) is 1.12. The Bertz CT molecular complexity index is 412. The molecule has 0 radical (unpaired) electrons. The number of rotatable bonds is 7. The van der Waals surface area contributed by atoms with E-state index in [1.807, 2.05) is 0 Å². The number of benzene rings is 1. The van der Waals surface area contributed by atoms with Crippen molar-refractivity contribution >= 4 is 0 Å². The van der Waals surface area contributed by atoms with E-state index >= 15 is 0 Å². The Labute approximate surface area is 117 Å². The molecule has 1 aromatic rings. The Morgan fingerprint density at radius 1 is 1.26 bits per heavy atom. The lowest BCUT2D eigenvalue weighted by Gasteiger charge is -2.18. The Morgan fingerprint density at radius 2 is 1.95 bits per heavy atom. The summed E-state index contributed by atoms with van der Waals surface area (Å²) >= 11 is 0. The molecule has 0 bridgehead atoms. The van der Waals surface area contributed by atoms with Gasteiger partial charge >= 0.3 is 0 Å². The van der Waals surface area contributed by atoms with E-state index in [-0.39, 0.29) is 0 Å². The van der Waals surface area contributed by atoms with Crippen molar-refractivity contribution in [1.82, 2.24) is 5.32 Å². The van der Waals surface area contributed by atoms with Gasteiger partial charge in [-0.2, -0.15) is 0 Å². The minimum atomic E-state index is 0.554. The Morgan fingerprint density at radius 3 is 2.47 bits per heavy atom. The van der Waals surface area contributed by atoms with Crippen LogP contribution in [0.2, 0.25) is 0 Å². The van der Waals surface area contributed by atoms with Crippen molar-refractivity contribution in [2.24, 2.45) is 11.7 Å². The lowest BCUT2D eigenvalue weighted by atomic mass is 9.98. The van der Waals surface area contributed by atoms with Crippen LogP contribution >= 0.6 is 0 Å². The molecule has 0 aliphatic heterocycles. The van der Waals surface area contributed by atoms with Crippen molar-refractivity contribution in [1.29, 1.82) is 0 Å². The number of hydrogen-bond donors (Lipinski definition) is 2. The van der Waals surface area contributed by atoms with E-state index in [2.05, 4.69) is 39.1 Å². The molecule has 1 atom stereocenters. The van der Waals surface area contributed by atoms with Gasteiger partial charge in [-0.3, -0.25) is 0 Å². The molecule has 1 aromatic carbocycles. The molecule has 3 nitrogen and oxygen atoms in total. The highest BCUT2D eigenvalue weighted by Crippen LogP contribution is 2.29. The van der Waals surface area contributed by atoms with Gasteiger partial charge < -0.3 is 15.8 Å². The van der Waals surface area contributed by atoms with Crippen LogP contribution in [0.1, 0.15) is 35.6 Å². The van der Waals surface area contributed by atoms with Crippen LogP contribution in [0.5, 0.6) is 5.75 Å². The van der Waals surface area contributed by atoms with E-state index in [0.717, 1.165) is 31.8 Å². The molecule has 0 aliphatic carbocycles. The van der Waals surface area contributed by atoms with Crippen LogP contribution in [0.4, 0.5) is 0 Å². The molecule has 3 heteroatoms. The van der Waals surface area contributed by atoms with E-state index in [0.29, 0.717) is 5.92 Å². The van der Waals surface area contributed by atoms with Gasteiger partial charge in [-0.25, -0.2) is 0 Å². The van der Waals surface area contributed by atoms with Crippen LogP contribution in [-0.2, 0) is 6.54 Å². The summed E-state index contributed by atoms with van der Waals surface area (Å²) in [5.41, 5.74) is 10.8. The maximum atomic E-state index is 5.73. The predicted octanol–water partition coefficient (Wildman–Crippen LogP) is 2.69. The molecule has 108 valence electrons. The third kappa shape index (κ3) is 3.95. The molecular formula is C16H28N2O. The zero-order valence-electron chi connectivity index (χ0n) is 13.0. The topological polar surface area (TPSA) is 47.3 Å². The molecule has 0 saturated heterocycles. The molecule has 0 heterocycles. The highest BCUT2D eigenvalue weighted by Gasteiger charge is 2.12. The molecule has 0 amide bonds. The lowest BCUT2D eigenvalue weighted by Crippen LogP contribution is -2.27. The zero-order chi connectivity index (χ0) is 14.4. The number of aryl methyl sites for hydroxylation is 2. The Hall–Kier alpha value is -1.06. The zero-order valence-corrected chi connectivity index (χ0v) is 13.0.